The van der Waals surface area contributed by atoms with Crippen molar-refractivity contribution in [3.63, 3.8) is 0 Å². The first-order valence-electron chi connectivity index (χ1n) is 5.25. The topological polar surface area (TPSA) is 51.2 Å². The highest BCUT2D eigenvalue weighted by atomic mass is 79.9. The first-order chi connectivity index (χ1) is 8.69. The molecule has 0 unspecified atom stereocenters. The van der Waals surface area contributed by atoms with Crippen LogP contribution >= 0.6 is 15.9 Å². The average molecular weight is 307 g/mol. The van der Waals surface area contributed by atoms with Crippen molar-refractivity contribution in [1.82, 2.24) is 4.98 Å². The first-order valence-corrected chi connectivity index (χ1v) is 6.04. The molecule has 0 bridgehead atoms. The van der Waals surface area contributed by atoms with E-state index in [1.54, 1.807) is 24.5 Å². The predicted octanol–water partition coefficient (Wildman–Crippen LogP) is 3.37. The van der Waals surface area contributed by atoms with Gasteiger partial charge in [-0.1, -0.05) is 15.9 Å². The van der Waals surface area contributed by atoms with Gasteiger partial charge in [-0.2, -0.15) is 0 Å². The summed E-state index contributed by atoms with van der Waals surface area (Å²) in [6.07, 6.45) is 3.41. The Labute approximate surface area is 113 Å². The molecule has 92 valence electrons. The van der Waals surface area contributed by atoms with Crippen LogP contribution in [0.2, 0.25) is 0 Å². The van der Waals surface area contributed by atoms with Crippen molar-refractivity contribution in [2.24, 2.45) is 0 Å². The summed E-state index contributed by atoms with van der Waals surface area (Å²) in [4.78, 5) is 15.5. The Balaban J connectivity index is 2.28. The highest BCUT2D eigenvalue weighted by Gasteiger charge is 2.08. The van der Waals surface area contributed by atoms with Gasteiger partial charge < -0.3 is 10.1 Å². The maximum atomic E-state index is 11.5. The zero-order valence-corrected chi connectivity index (χ0v) is 11.3. The molecule has 2 rings (SSSR count). The Morgan fingerprint density at radius 3 is 2.83 bits per heavy atom. The lowest BCUT2D eigenvalue weighted by molar-refractivity contribution is 0.0600. The molecule has 0 fully saturated rings. The van der Waals surface area contributed by atoms with E-state index in [2.05, 4.69) is 26.2 Å². The predicted molar refractivity (Wildman–Crippen MR) is 73.0 cm³/mol. The normalized spacial score (nSPS) is 9.89. The maximum Gasteiger partial charge on any atom is 0.337 e. The molecule has 1 heterocycles. The molecule has 18 heavy (non-hydrogen) atoms. The number of ether oxygens (including phenoxy) is 1. The lowest BCUT2D eigenvalue weighted by atomic mass is 10.2. The first kappa shape index (κ1) is 12.6. The number of hydrogen-bond donors (Lipinski definition) is 1. The van der Waals surface area contributed by atoms with Crippen molar-refractivity contribution >= 4 is 33.3 Å². The number of rotatable bonds is 3. The van der Waals surface area contributed by atoms with E-state index in [4.69, 9.17) is 4.74 Å². The minimum Gasteiger partial charge on any atom is -0.465 e. The molecule has 0 aliphatic heterocycles. The fraction of sp³-hybridized carbons (Fsp3) is 0.0769. The van der Waals surface area contributed by atoms with Crippen LogP contribution in [-0.2, 0) is 4.74 Å². The number of benzene rings is 1. The Hall–Kier alpha value is -1.88. The summed E-state index contributed by atoms with van der Waals surface area (Å²) in [5, 5.41) is 3.16. The molecular weight excluding hydrogens is 296 g/mol. The molecule has 0 amide bonds. The highest BCUT2D eigenvalue weighted by Crippen LogP contribution is 2.23. The number of halogens is 1. The van der Waals surface area contributed by atoms with Gasteiger partial charge in [0.2, 0.25) is 0 Å². The second-order valence-electron chi connectivity index (χ2n) is 3.59. The Bertz CT molecular complexity index is 558. The van der Waals surface area contributed by atoms with Crippen molar-refractivity contribution < 1.29 is 9.53 Å². The van der Waals surface area contributed by atoms with Gasteiger partial charge in [0.05, 0.1) is 24.6 Å². The van der Waals surface area contributed by atoms with Crippen LogP contribution in [-0.4, -0.2) is 18.1 Å². The summed E-state index contributed by atoms with van der Waals surface area (Å²) in [6, 6.07) is 9.04. The van der Waals surface area contributed by atoms with E-state index < -0.39 is 0 Å². The van der Waals surface area contributed by atoms with Gasteiger partial charge in [-0.05, 0) is 30.3 Å². The highest BCUT2D eigenvalue weighted by molar-refractivity contribution is 9.10. The van der Waals surface area contributed by atoms with Crippen LogP contribution in [0.25, 0.3) is 0 Å². The third-order valence-corrected chi connectivity index (χ3v) is 2.73. The average Bonchev–Trinajstić information content (AvgIpc) is 2.38. The number of carbonyl (C=O) groups excluding carboxylic acids is 1. The molecule has 5 heteroatoms. The zero-order chi connectivity index (χ0) is 13.0. The minimum atomic E-state index is -0.370. The zero-order valence-electron chi connectivity index (χ0n) is 9.68. The summed E-state index contributed by atoms with van der Waals surface area (Å²) < 4.78 is 5.50. The number of methoxy groups -OCH3 is 1. The number of carbonyl (C=O) groups is 1. The van der Waals surface area contributed by atoms with Crippen LogP contribution in [0.5, 0.6) is 0 Å². The molecule has 1 aromatic heterocycles. The molecule has 0 radical (unpaired) electrons. The van der Waals surface area contributed by atoms with E-state index in [1.165, 1.54) is 7.11 Å². The van der Waals surface area contributed by atoms with E-state index >= 15 is 0 Å². The molecule has 1 aromatic carbocycles. The Kier molecular flexibility index (Phi) is 3.94. The number of aromatic nitrogens is 1. The maximum absolute atomic E-state index is 11.5. The second kappa shape index (κ2) is 5.64. The van der Waals surface area contributed by atoms with E-state index in [-0.39, 0.29) is 5.97 Å². The van der Waals surface area contributed by atoms with E-state index in [0.717, 1.165) is 15.8 Å². The molecule has 0 aliphatic carbocycles. The Morgan fingerprint density at radius 1 is 1.33 bits per heavy atom. The third kappa shape index (κ3) is 3.07. The van der Waals surface area contributed by atoms with Crippen LogP contribution < -0.4 is 5.32 Å². The number of nitrogens with one attached hydrogen (secondary N) is 1. The molecule has 0 saturated heterocycles. The van der Waals surface area contributed by atoms with Gasteiger partial charge in [-0.25, -0.2) is 4.79 Å². The number of pyridine rings is 1. The molecule has 0 aliphatic rings. The quantitative estimate of drug-likeness (QED) is 0.883. The molecule has 0 saturated carbocycles. The van der Waals surface area contributed by atoms with Gasteiger partial charge in [0.25, 0.3) is 0 Å². The SMILES string of the molecule is COC(=O)c1cc(Br)cc(Nc2cccnc2)c1. The molecular formula is C13H11BrN2O2. The van der Waals surface area contributed by atoms with Crippen molar-refractivity contribution in [3.8, 4) is 0 Å². The van der Waals surface area contributed by atoms with Crippen LogP contribution in [0.15, 0.2) is 47.2 Å². The summed E-state index contributed by atoms with van der Waals surface area (Å²) in [6.45, 7) is 0. The van der Waals surface area contributed by atoms with Gasteiger partial charge in [-0.3, -0.25) is 4.98 Å². The third-order valence-electron chi connectivity index (χ3n) is 2.27. The molecule has 2 aromatic rings. The van der Waals surface area contributed by atoms with Crippen molar-refractivity contribution in [2.45, 2.75) is 0 Å². The van der Waals surface area contributed by atoms with Crippen LogP contribution in [0, 0.1) is 0 Å². The fourth-order valence-electron chi connectivity index (χ4n) is 1.50. The van der Waals surface area contributed by atoms with E-state index in [9.17, 15) is 4.79 Å². The van der Waals surface area contributed by atoms with Gasteiger partial charge in [-0.15, -0.1) is 0 Å². The fourth-order valence-corrected chi connectivity index (χ4v) is 1.99. The molecule has 0 spiro atoms. The molecule has 0 atom stereocenters. The summed E-state index contributed by atoms with van der Waals surface area (Å²) >= 11 is 3.36. The summed E-state index contributed by atoms with van der Waals surface area (Å²) in [5.74, 6) is -0.370. The van der Waals surface area contributed by atoms with Crippen LogP contribution in [0.4, 0.5) is 11.4 Å². The molecule has 1 N–H and O–H groups in total. The molecule has 4 nitrogen and oxygen atoms in total. The lowest BCUT2D eigenvalue weighted by Crippen LogP contribution is -2.02. The Morgan fingerprint density at radius 2 is 2.17 bits per heavy atom. The van der Waals surface area contributed by atoms with Crippen molar-refractivity contribution in [2.75, 3.05) is 12.4 Å². The van der Waals surface area contributed by atoms with Crippen molar-refractivity contribution in [1.29, 1.82) is 0 Å². The number of esters is 1. The van der Waals surface area contributed by atoms with Crippen LogP contribution in [0.1, 0.15) is 10.4 Å². The summed E-state index contributed by atoms with van der Waals surface area (Å²) in [5.41, 5.74) is 2.13. The minimum absolute atomic E-state index is 0.370. The standard InChI is InChI=1S/C13H11BrN2O2/c1-18-13(17)9-5-10(14)7-12(6-9)16-11-3-2-4-15-8-11/h2-8,16H,1H3. The monoisotopic (exact) mass is 306 g/mol. The lowest BCUT2D eigenvalue weighted by Gasteiger charge is -2.08. The largest absolute Gasteiger partial charge is 0.465 e. The number of anilines is 2. The van der Waals surface area contributed by atoms with Gasteiger partial charge in [0.15, 0.2) is 0 Å². The number of nitrogens with zero attached hydrogens (tertiary/aromatic N) is 1. The van der Waals surface area contributed by atoms with Crippen LogP contribution in [0.3, 0.4) is 0 Å². The van der Waals surface area contributed by atoms with Gasteiger partial charge >= 0.3 is 5.97 Å². The number of hydrogen-bond acceptors (Lipinski definition) is 4. The van der Waals surface area contributed by atoms with Gasteiger partial charge in [0, 0.05) is 16.4 Å². The second-order valence-corrected chi connectivity index (χ2v) is 4.50. The van der Waals surface area contributed by atoms with E-state index in [0.29, 0.717) is 5.56 Å². The van der Waals surface area contributed by atoms with E-state index in [1.807, 2.05) is 18.2 Å². The van der Waals surface area contributed by atoms with Gasteiger partial charge in [0.1, 0.15) is 0 Å². The summed E-state index contributed by atoms with van der Waals surface area (Å²) in [7, 11) is 1.36. The smallest absolute Gasteiger partial charge is 0.337 e. The van der Waals surface area contributed by atoms with Crippen molar-refractivity contribution in [3.05, 3.63) is 52.8 Å².